The Morgan fingerprint density at radius 1 is 1.35 bits per heavy atom. The van der Waals surface area contributed by atoms with Crippen molar-refractivity contribution in [3.63, 3.8) is 0 Å². The highest BCUT2D eigenvalue weighted by Gasteiger charge is 2.29. The summed E-state index contributed by atoms with van der Waals surface area (Å²) in [6, 6.07) is 0. The van der Waals surface area contributed by atoms with E-state index in [-0.39, 0.29) is 29.6 Å². The highest BCUT2D eigenvalue weighted by Crippen LogP contribution is 2.24. The average Bonchev–Trinajstić information content (AvgIpc) is 2.78. The molecule has 0 spiro atoms. The summed E-state index contributed by atoms with van der Waals surface area (Å²) in [4.78, 5) is 6.83. The van der Waals surface area contributed by atoms with Crippen LogP contribution in [0, 0.1) is 0 Å². The largest absolute Gasteiger partial charge is 0.373 e. The van der Waals surface area contributed by atoms with Gasteiger partial charge in [0.2, 0.25) is 0 Å². The third-order valence-corrected chi connectivity index (χ3v) is 3.29. The first-order valence-corrected chi connectivity index (χ1v) is 7.36. The standard InChI is InChI=1S/C14H30N4O.HI/c1-5-15-13(16-9-7-10-18(3)4)17-12-14(2)8-6-11-19-14;/h5-12H2,1-4H3,(H2,15,16,17);1H. The lowest BCUT2D eigenvalue weighted by molar-refractivity contribution is 0.0283. The van der Waals surface area contributed by atoms with Crippen LogP contribution in [0.1, 0.15) is 33.1 Å². The van der Waals surface area contributed by atoms with Gasteiger partial charge in [0, 0.05) is 19.7 Å². The van der Waals surface area contributed by atoms with Crippen LogP contribution in [0.25, 0.3) is 0 Å². The maximum Gasteiger partial charge on any atom is 0.191 e. The summed E-state index contributed by atoms with van der Waals surface area (Å²) in [6.07, 6.45) is 3.38. The Bertz CT molecular complexity index is 278. The molecule has 1 saturated heterocycles. The van der Waals surface area contributed by atoms with E-state index < -0.39 is 0 Å². The molecule has 20 heavy (non-hydrogen) atoms. The predicted octanol–water partition coefficient (Wildman–Crippen LogP) is 1.68. The van der Waals surface area contributed by atoms with Gasteiger partial charge >= 0.3 is 0 Å². The Morgan fingerprint density at radius 2 is 2.10 bits per heavy atom. The molecular formula is C14H31IN4O. The van der Waals surface area contributed by atoms with Crippen molar-refractivity contribution in [3.05, 3.63) is 0 Å². The number of guanidine groups is 1. The van der Waals surface area contributed by atoms with Gasteiger partial charge in [0.05, 0.1) is 12.1 Å². The van der Waals surface area contributed by atoms with Crippen LogP contribution in [0.4, 0.5) is 0 Å². The molecule has 120 valence electrons. The summed E-state index contributed by atoms with van der Waals surface area (Å²) in [5, 5.41) is 6.66. The van der Waals surface area contributed by atoms with Gasteiger partial charge < -0.3 is 20.3 Å². The Labute approximate surface area is 140 Å². The van der Waals surface area contributed by atoms with Gasteiger partial charge in [0.25, 0.3) is 0 Å². The van der Waals surface area contributed by atoms with E-state index in [0.29, 0.717) is 0 Å². The van der Waals surface area contributed by atoms with Gasteiger partial charge in [-0.3, -0.25) is 4.99 Å². The number of nitrogens with one attached hydrogen (secondary N) is 2. The highest BCUT2D eigenvalue weighted by molar-refractivity contribution is 14.0. The molecule has 1 aliphatic heterocycles. The Hall–Kier alpha value is -0.0800. The molecule has 1 atom stereocenters. The molecule has 0 aromatic carbocycles. The molecule has 6 heteroatoms. The van der Waals surface area contributed by atoms with E-state index in [1.54, 1.807) is 0 Å². The van der Waals surface area contributed by atoms with E-state index in [4.69, 9.17) is 4.74 Å². The van der Waals surface area contributed by atoms with Crippen molar-refractivity contribution < 1.29 is 4.74 Å². The van der Waals surface area contributed by atoms with E-state index >= 15 is 0 Å². The van der Waals surface area contributed by atoms with Gasteiger partial charge in [-0.25, -0.2) is 0 Å². The van der Waals surface area contributed by atoms with Crippen LogP contribution in [0.3, 0.4) is 0 Å². The fraction of sp³-hybridized carbons (Fsp3) is 0.929. The topological polar surface area (TPSA) is 48.9 Å². The van der Waals surface area contributed by atoms with Crippen LogP contribution in [-0.2, 0) is 4.74 Å². The average molecular weight is 398 g/mol. The molecule has 1 fully saturated rings. The second-order valence-corrected chi connectivity index (χ2v) is 5.68. The molecule has 0 radical (unpaired) electrons. The molecule has 1 unspecified atom stereocenters. The van der Waals surface area contributed by atoms with Gasteiger partial charge in [-0.05, 0) is 53.8 Å². The van der Waals surface area contributed by atoms with E-state index in [0.717, 1.165) is 58.0 Å². The number of rotatable bonds is 7. The van der Waals surface area contributed by atoms with Crippen molar-refractivity contribution in [2.24, 2.45) is 4.99 Å². The summed E-state index contributed by atoms with van der Waals surface area (Å²) in [5.41, 5.74) is -0.0635. The minimum Gasteiger partial charge on any atom is -0.373 e. The van der Waals surface area contributed by atoms with Crippen LogP contribution < -0.4 is 10.6 Å². The molecule has 0 aromatic rings. The van der Waals surface area contributed by atoms with Crippen LogP contribution in [0.2, 0.25) is 0 Å². The Morgan fingerprint density at radius 3 is 2.65 bits per heavy atom. The lowest BCUT2D eigenvalue weighted by Crippen LogP contribution is -2.40. The normalized spacial score (nSPS) is 22.8. The number of hydrogen-bond acceptors (Lipinski definition) is 3. The zero-order valence-electron chi connectivity index (χ0n) is 13.4. The molecule has 1 heterocycles. The molecule has 1 rings (SSSR count). The van der Waals surface area contributed by atoms with Crippen molar-refractivity contribution in [2.75, 3.05) is 46.9 Å². The van der Waals surface area contributed by atoms with Gasteiger partial charge in [0.1, 0.15) is 0 Å². The molecule has 0 aliphatic carbocycles. The van der Waals surface area contributed by atoms with Gasteiger partial charge in [-0.1, -0.05) is 0 Å². The summed E-state index contributed by atoms with van der Waals surface area (Å²) < 4.78 is 5.76. The van der Waals surface area contributed by atoms with Crippen molar-refractivity contribution in [1.29, 1.82) is 0 Å². The predicted molar refractivity (Wildman–Crippen MR) is 96.2 cm³/mol. The van der Waals surface area contributed by atoms with Gasteiger partial charge in [0.15, 0.2) is 5.96 Å². The maximum atomic E-state index is 5.76. The zero-order chi connectivity index (χ0) is 14.1. The first kappa shape index (κ1) is 19.9. The minimum absolute atomic E-state index is 0. The van der Waals surface area contributed by atoms with Crippen molar-refractivity contribution in [3.8, 4) is 0 Å². The number of ether oxygens (including phenoxy) is 1. The van der Waals surface area contributed by atoms with Crippen molar-refractivity contribution in [1.82, 2.24) is 15.5 Å². The molecule has 0 aromatic heterocycles. The molecule has 5 nitrogen and oxygen atoms in total. The molecule has 0 saturated carbocycles. The molecule has 1 aliphatic rings. The first-order chi connectivity index (χ1) is 9.06. The van der Waals surface area contributed by atoms with Crippen molar-refractivity contribution >= 4 is 29.9 Å². The van der Waals surface area contributed by atoms with Gasteiger partial charge in [-0.15, -0.1) is 24.0 Å². The monoisotopic (exact) mass is 398 g/mol. The Kier molecular flexibility index (Phi) is 10.6. The van der Waals surface area contributed by atoms with Crippen LogP contribution in [0.15, 0.2) is 4.99 Å². The van der Waals surface area contributed by atoms with Gasteiger partial charge in [-0.2, -0.15) is 0 Å². The summed E-state index contributed by atoms with van der Waals surface area (Å²) >= 11 is 0. The van der Waals surface area contributed by atoms with Crippen LogP contribution >= 0.6 is 24.0 Å². The highest BCUT2D eigenvalue weighted by atomic mass is 127. The Balaban J connectivity index is 0.00000361. The third-order valence-electron chi connectivity index (χ3n) is 3.29. The zero-order valence-corrected chi connectivity index (χ0v) is 15.7. The summed E-state index contributed by atoms with van der Waals surface area (Å²) in [6.45, 7) is 8.77. The molecule has 2 N–H and O–H groups in total. The van der Waals surface area contributed by atoms with Crippen LogP contribution in [0.5, 0.6) is 0 Å². The number of aliphatic imine (C=N–C) groups is 1. The second-order valence-electron chi connectivity index (χ2n) is 5.68. The number of hydrogen-bond donors (Lipinski definition) is 2. The second kappa shape index (κ2) is 10.6. The fourth-order valence-corrected chi connectivity index (χ4v) is 2.15. The minimum atomic E-state index is -0.0635. The van der Waals surface area contributed by atoms with E-state index in [1.807, 2.05) is 0 Å². The quantitative estimate of drug-likeness (QED) is 0.297. The van der Waals surface area contributed by atoms with Crippen LogP contribution in [-0.4, -0.2) is 63.3 Å². The number of nitrogens with zero attached hydrogens (tertiary/aromatic N) is 2. The van der Waals surface area contributed by atoms with E-state index in [2.05, 4.69) is 48.5 Å². The smallest absolute Gasteiger partial charge is 0.191 e. The van der Waals surface area contributed by atoms with E-state index in [9.17, 15) is 0 Å². The first-order valence-electron chi connectivity index (χ1n) is 7.36. The lowest BCUT2D eigenvalue weighted by Gasteiger charge is -2.21. The fourth-order valence-electron chi connectivity index (χ4n) is 2.15. The summed E-state index contributed by atoms with van der Waals surface area (Å²) in [7, 11) is 4.19. The third kappa shape index (κ3) is 8.26. The van der Waals surface area contributed by atoms with E-state index in [1.165, 1.54) is 0 Å². The molecular weight excluding hydrogens is 367 g/mol. The number of halogens is 1. The molecule has 0 amide bonds. The summed E-state index contributed by atoms with van der Waals surface area (Å²) in [5.74, 6) is 0.901. The molecule has 0 bridgehead atoms. The van der Waals surface area contributed by atoms with Crippen molar-refractivity contribution in [2.45, 2.75) is 38.7 Å². The maximum absolute atomic E-state index is 5.76. The SMILES string of the molecule is CCNC(=NCC1(C)CCCO1)NCCCN(C)C.I. The lowest BCUT2D eigenvalue weighted by atomic mass is 10.0.